The van der Waals surface area contributed by atoms with Crippen molar-refractivity contribution in [3.63, 3.8) is 0 Å². The van der Waals surface area contributed by atoms with E-state index < -0.39 is 5.97 Å². The molecule has 0 aliphatic carbocycles. The largest absolute Gasteiger partial charge is 0.481 e. The average Bonchev–Trinajstić information content (AvgIpc) is 2.31. The maximum atomic E-state index is 10.5. The Morgan fingerprint density at radius 3 is 2.91 bits per heavy atom. The molecule has 0 aromatic carbocycles. The van der Waals surface area contributed by atoms with Gasteiger partial charge in [-0.1, -0.05) is 0 Å². The van der Waals surface area contributed by atoms with Gasteiger partial charge in [0.15, 0.2) is 0 Å². The minimum absolute atomic E-state index is 0.124. The summed E-state index contributed by atoms with van der Waals surface area (Å²) in [6.07, 6.45) is 1.05. The number of carboxylic acid groups (broad SMARTS) is 1. The zero-order valence-corrected chi connectivity index (χ0v) is 6.08. The molecule has 1 aliphatic rings. The van der Waals surface area contributed by atoms with Crippen LogP contribution >= 0.6 is 0 Å². The topological polar surface area (TPSA) is 63.6 Å². The number of ether oxygens (including phenoxy) is 1. The van der Waals surface area contributed by atoms with E-state index in [1.54, 1.807) is 0 Å². The fraction of sp³-hybridized carbons (Fsp3) is 0.714. The number of cyclic esters (lactones) is 1. The molecule has 0 spiro atoms. The summed E-state index contributed by atoms with van der Waals surface area (Å²) < 4.78 is 4.67. The fourth-order valence-electron chi connectivity index (χ4n) is 1.08. The summed E-state index contributed by atoms with van der Waals surface area (Å²) in [5.74, 6) is -0.900. The van der Waals surface area contributed by atoms with Gasteiger partial charge in [0.05, 0.1) is 13.0 Å². The summed E-state index contributed by atoms with van der Waals surface area (Å²) in [7, 11) is 0. The van der Waals surface area contributed by atoms with Gasteiger partial charge in [-0.3, -0.25) is 9.59 Å². The average molecular weight is 158 g/mol. The lowest BCUT2D eigenvalue weighted by Crippen LogP contribution is -2.03. The predicted octanol–water partition coefficient (Wildman–Crippen LogP) is 0.414. The predicted molar refractivity (Wildman–Crippen MR) is 35.9 cm³/mol. The van der Waals surface area contributed by atoms with E-state index in [4.69, 9.17) is 5.11 Å². The smallest absolute Gasteiger partial charge is 0.306 e. The van der Waals surface area contributed by atoms with E-state index in [2.05, 4.69) is 4.74 Å². The molecular formula is C7H10O4. The van der Waals surface area contributed by atoms with Crippen LogP contribution in [0.5, 0.6) is 0 Å². The molecule has 1 rings (SSSR count). The molecule has 1 fully saturated rings. The van der Waals surface area contributed by atoms with Crippen LogP contribution in [0.3, 0.4) is 0 Å². The maximum absolute atomic E-state index is 10.5. The molecule has 62 valence electrons. The van der Waals surface area contributed by atoms with Crippen molar-refractivity contribution in [3.05, 3.63) is 0 Å². The molecule has 11 heavy (non-hydrogen) atoms. The normalized spacial score (nSPS) is 23.3. The minimum Gasteiger partial charge on any atom is -0.481 e. The number of hydrogen-bond donors (Lipinski definition) is 1. The quantitative estimate of drug-likeness (QED) is 0.604. The second kappa shape index (κ2) is 3.37. The Kier molecular flexibility index (Phi) is 2.46. The Morgan fingerprint density at radius 1 is 1.73 bits per heavy atom. The third-order valence-corrected chi connectivity index (χ3v) is 1.70. The molecule has 1 saturated heterocycles. The van der Waals surface area contributed by atoms with Gasteiger partial charge >= 0.3 is 11.9 Å². The van der Waals surface area contributed by atoms with Crippen LogP contribution in [0.25, 0.3) is 0 Å². The molecule has 0 unspecified atom stereocenters. The van der Waals surface area contributed by atoms with E-state index in [9.17, 15) is 9.59 Å². The highest BCUT2D eigenvalue weighted by molar-refractivity contribution is 5.72. The van der Waals surface area contributed by atoms with Gasteiger partial charge in [-0.2, -0.15) is 0 Å². The summed E-state index contributed by atoms with van der Waals surface area (Å²) >= 11 is 0. The van der Waals surface area contributed by atoms with Gasteiger partial charge in [-0.15, -0.1) is 0 Å². The third kappa shape index (κ3) is 2.57. The zero-order valence-electron chi connectivity index (χ0n) is 6.08. The van der Waals surface area contributed by atoms with Crippen LogP contribution < -0.4 is 0 Å². The standard InChI is InChI=1S/C7H10O4/c8-6(9)2-1-5-3-7(10)11-4-5/h5H,1-4H2,(H,8,9)/t5-/m1/s1. The van der Waals surface area contributed by atoms with Crippen molar-refractivity contribution in [1.82, 2.24) is 0 Å². The maximum Gasteiger partial charge on any atom is 0.306 e. The first-order valence-corrected chi connectivity index (χ1v) is 3.56. The van der Waals surface area contributed by atoms with Crippen LogP contribution in [0.4, 0.5) is 0 Å². The van der Waals surface area contributed by atoms with E-state index in [1.165, 1.54) is 0 Å². The van der Waals surface area contributed by atoms with Crippen molar-refractivity contribution in [1.29, 1.82) is 0 Å². The molecule has 0 bridgehead atoms. The van der Waals surface area contributed by atoms with E-state index in [0.29, 0.717) is 19.4 Å². The number of aliphatic carboxylic acids is 1. The second-order valence-electron chi connectivity index (χ2n) is 2.69. The van der Waals surface area contributed by atoms with Crippen LogP contribution in [-0.4, -0.2) is 23.7 Å². The highest BCUT2D eigenvalue weighted by Crippen LogP contribution is 2.18. The molecule has 1 aliphatic heterocycles. The highest BCUT2D eigenvalue weighted by Gasteiger charge is 2.23. The van der Waals surface area contributed by atoms with E-state index in [0.717, 1.165) is 0 Å². The van der Waals surface area contributed by atoms with Gasteiger partial charge in [0, 0.05) is 12.3 Å². The lowest BCUT2D eigenvalue weighted by atomic mass is 10.0. The van der Waals surface area contributed by atoms with Gasteiger partial charge < -0.3 is 9.84 Å². The summed E-state index contributed by atoms with van der Waals surface area (Å²) in [5, 5.41) is 8.31. The Labute approximate surface area is 64.2 Å². The summed E-state index contributed by atoms with van der Waals surface area (Å²) in [6, 6.07) is 0. The number of carbonyl (C=O) groups excluding carboxylic acids is 1. The molecule has 0 aromatic rings. The Morgan fingerprint density at radius 2 is 2.45 bits per heavy atom. The Hall–Kier alpha value is -1.06. The molecule has 4 heteroatoms. The second-order valence-corrected chi connectivity index (χ2v) is 2.69. The molecule has 0 saturated carbocycles. The highest BCUT2D eigenvalue weighted by atomic mass is 16.5. The SMILES string of the molecule is O=C(O)CC[C@H]1COC(=O)C1. The van der Waals surface area contributed by atoms with Crippen LogP contribution in [-0.2, 0) is 14.3 Å². The van der Waals surface area contributed by atoms with Crippen LogP contribution in [0.1, 0.15) is 19.3 Å². The van der Waals surface area contributed by atoms with Crippen molar-refractivity contribution in [2.75, 3.05) is 6.61 Å². The Balaban J connectivity index is 2.18. The van der Waals surface area contributed by atoms with E-state index in [-0.39, 0.29) is 18.3 Å². The first kappa shape index (κ1) is 8.04. The van der Waals surface area contributed by atoms with Crippen LogP contribution in [0.2, 0.25) is 0 Å². The number of rotatable bonds is 3. The number of carbonyl (C=O) groups is 2. The molecule has 0 aromatic heterocycles. The third-order valence-electron chi connectivity index (χ3n) is 1.70. The lowest BCUT2D eigenvalue weighted by molar-refractivity contribution is -0.138. The van der Waals surface area contributed by atoms with Gasteiger partial charge in [0.25, 0.3) is 0 Å². The monoisotopic (exact) mass is 158 g/mol. The van der Waals surface area contributed by atoms with Crippen molar-refractivity contribution in [2.24, 2.45) is 5.92 Å². The molecule has 1 N–H and O–H groups in total. The number of carboxylic acids is 1. The molecular weight excluding hydrogens is 148 g/mol. The zero-order chi connectivity index (χ0) is 8.27. The molecule has 1 atom stereocenters. The van der Waals surface area contributed by atoms with Crippen LogP contribution in [0, 0.1) is 5.92 Å². The summed E-state index contributed by atoms with van der Waals surface area (Å²) in [4.78, 5) is 20.6. The van der Waals surface area contributed by atoms with E-state index >= 15 is 0 Å². The molecule has 0 radical (unpaired) electrons. The van der Waals surface area contributed by atoms with Crippen molar-refractivity contribution in [2.45, 2.75) is 19.3 Å². The minimum atomic E-state index is -0.815. The van der Waals surface area contributed by atoms with Crippen LogP contribution in [0.15, 0.2) is 0 Å². The first-order valence-electron chi connectivity index (χ1n) is 3.56. The molecule has 1 heterocycles. The van der Waals surface area contributed by atoms with Gasteiger partial charge in [-0.05, 0) is 6.42 Å². The van der Waals surface area contributed by atoms with Gasteiger partial charge in [0.2, 0.25) is 0 Å². The fourth-order valence-corrected chi connectivity index (χ4v) is 1.08. The number of hydrogen-bond acceptors (Lipinski definition) is 3. The van der Waals surface area contributed by atoms with E-state index in [1.807, 2.05) is 0 Å². The van der Waals surface area contributed by atoms with Gasteiger partial charge in [-0.25, -0.2) is 0 Å². The molecule has 4 nitrogen and oxygen atoms in total. The number of esters is 1. The van der Waals surface area contributed by atoms with Crippen molar-refractivity contribution in [3.8, 4) is 0 Å². The summed E-state index contributed by atoms with van der Waals surface area (Å²) in [5.41, 5.74) is 0. The van der Waals surface area contributed by atoms with Crippen molar-refractivity contribution < 1.29 is 19.4 Å². The Bertz CT molecular complexity index is 175. The lowest BCUT2D eigenvalue weighted by Gasteiger charge is -2.00. The molecule has 0 amide bonds. The van der Waals surface area contributed by atoms with Gasteiger partial charge in [0.1, 0.15) is 0 Å². The van der Waals surface area contributed by atoms with Crippen molar-refractivity contribution >= 4 is 11.9 Å². The first-order chi connectivity index (χ1) is 5.18. The summed E-state index contributed by atoms with van der Waals surface area (Å²) in [6.45, 7) is 0.395.